The molecule has 8 heteroatoms. The van der Waals surface area contributed by atoms with Gasteiger partial charge in [0, 0.05) is 26.2 Å². The number of carbonyl (C=O) groups is 1. The number of anilines is 1. The molecule has 28 heavy (non-hydrogen) atoms. The van der Waals surface area contributed by atoms with Gasteiger partial charge in [0.25, 0.3) is 5.89 Å². The normalized spacial score (nSPS) is 14.0. The van der Waals surface area contributed by atoms with Crippen LogP contribution in [0.25, 0.3) is 11.7 Å². The van der Waals surface area contributed by atoms with Crippen molar-refractivity contribution in [2.24, 2.45) is 0 Å². The minimum absolute atomic E-state index is 0.200. The van der Waals surface area contributed by atoms with Gasteiger partial charge in [-0.1, -0.05) is 30.3 Å². The van der Waals surface area contributed by atoms with Crippen LogP contribution in [0, 0.1) is 11.3 Å². The zero-order valence-electron chi connectivity index (χ0n) is 15.1. The van der Waals surface area contributed by atoms with Gasteiger partial charge in [-0.05, 0) is 17.7 Å². The lowest BCUT2D eigenvalue weighted by molar-refractivity contribution is 0.0939. The van der Waals surface area contributed by atoms with Gasteiger partial charge in [-0.2, -0.15) is 10.2 Å². The maximum Gasteiger partial charge on any atom is 0.410 e. The number of hydrogen-bond acceptors (Lipinski definition) is 7. The molecule has 3 aromatic rings. The van der Waals surface area contributed by atoms with Crippen LogP contribution in [0.3, 0.4) is 0 Å². The summed E-state index contributed by atoms with van der Waals surface area (Å²) in [6.45, 7) is 2.21. The van der Waals surface area contributed by atoms with Crippen LogP contribution in [0.1, 0.15) is 11.3 Å². The smallest absolute Gasteiger partial charge is 0.410 e. The molecule has 0 N–H and O–H groups in total. The SMILES string of the molecule is N#Cc1nc(-c2ccco2)oc1N1CCN(C(=O)OCc2ccccc2)CC1. The highest BCUT2D eigenvalue weighted by Gasteiger charge is 2.27. The number of furan rings is 1. The second-order valence-electron chi connectivity index (χ2n) is 6.28. The van der Waals surface area contributed by atoms with Gasteiger partial charge in [-0.15, -0.1) is 0 Å². The Balaban J connectivity index is 1.36. The van der Waals surface area contributed by atoms with Crippen LogP contribution in [0.4, 0.5) is 10.7 Å². The Labute approximate surface area is 161 Å². The molecule has 0 spiro atoms. The van der Waals surface area contributed by atoms with Gasteiger partial charge in [-0.3, -0.25) is 0 Å². The zero-order valence-corrected chi connectivity index (χ0v) is 15.1. The molecule has 2 aromatic heterocycles. The Hall–Kier alpha value is -3.73. The van der Waals surface area contributed by atoms with Crippen molar-refractivity contribution in [3.05, 3.63) is 60.0 Å². The molecular weight excluding hydrogens is 360 g/mol. The van der Waals surface area contributed by atoms with Gasteiger partial charge in [0.1, 0.15) is 12.7 Å². The van der Waals surface area contributed by atoms with E-state index in [1.165, 1.54) is 6.26 Å². The van der Waals surface area contributed by atoms with E-state index in [2.05, 4.69) is 11.1 Å². The molecule has 3 heterocycles. The fraction of sp³-hybridized carbons (Fsp3) is 0.250. The molecule has 1 saturated heterocycles. The molecule has 0 saturated carbocycles. The Morgan fingerprint density at radius 1 is 1.14 bits per heavy atom. The van der Waals surface area contributed by atoms with Gasteiger partial charge in [0.05, 0.1) is 6.26 Å². The van der Waals surface area contributed by atoms with Gasteiger partial charge in [-0.25, -0.2) is 4.79 Å². The summed E-state index contributed by atoms with van der Waals surface area (Å²) in [7, 11) is 0. The molecule has 1 amide bonds. The molecule has 0 radical (unpaired) electrons. The van der Waals surface area contributed by atoms with Crippen molar-refractivity contribution in [3.63, 3.8) is 0 Å². The maximum atomic E-state index is 12.3. The first-order chi connectivity index (χ1) is 13.7. The van der Waals surface area contributed by atoms with E-state index in [0.717, 1.165) is 5.56 Å². The van der Waals surface area contributed by atoms with Gasteiger partial charge >= 0.3 is 6.09 Å². The molecule has 8 nitrogen and oxygen atoms in total. The van der Waals surface area contributed by atoms with Crippen LogP contribution in [-0.2, 0) is 11.3 Å². The summed E-state index contributed by atoms with van der Waals surface area (Å²) in [5, 5.41) is 9.36. The van der Waals surface area contributed by atoms with Crippen LogP contribution in [0.2, 0.25) is 0 Å². The number of rotatable bonds is 4. The minimum Gasteiger partial charge on any atom is -0.459 e. The van der Waals surface area contributed by atoms with E-state index in [1.54, 1.807) is 17.0 Å². The highest BCUT2D eigenvalue weighted by atomic mass is 16.6. The van der Waals surface area contributed by atoms with Crippen molar-refractivity contribution >= 4 is 12.0 Å². The number of ether oxygens (including phenoxy) is 1. The summed E-state index contributed by atoms with van der Waals surface area (Å²) in [4.78, 5) is 20.0. The molecule has 1 aromatic carbocycles. The highest BCUT2D eigenvalue weighted by molar-refractivity contribution is 5.68. The standard InChI is InChI=1S/C20H18N4O4/c21-13-16-19(28-18(22-16)17-7-4-12-26-17)23-8-10-24(11-9-23)20(25)27-14-15-5-2-1-3-6-15/h1-7,12H,8-11,14H2. The van der Waals surface area contributed by atoms with Crippen molar-refractivity contribution in [1.29, 1.82) is 5.26 Å². The number of benzene rings is 1. The van der Waals surface area contributed by atoms with Crippen molar-refractivity contribution < 1.29 is 18.4 Å². The molecule has 1 aliphatic rings. The lowest BCUT2D eigenvalue weighted by atomic mass is 10.2. The number of piperazine rings is 1. The highest BCUT2D eigenvalue weighted by Crippen LogP contribution is 2.29. The lowest BCUT2D eigenvalue weighted by Gasteiger charge is -2.33. The van der Waals surface area contributed by atoms with E-state index in [1.807, 2.05) is 35.2 Å². The van der Waals surface area contributed by atoms with Gasteiger partial charge in [0.15, 0.2) is 5.76 Å². The average molecular weight is 378 g/mol. The van der Waals surface area contributed by atoms with E-state index in [-0.39, 0.29) is 24.3 Å². The lowest BCUT2D eigenvalue weighted by Crippen LogP contribution is -2.49. The Kier molecular flexibility index (Phi) is 4.97. The maximum absolute atomic E-state index is 12.3. The van der Waals surface area contributed by atoms with Crippen LogP contribution < -0.4 is 4.90 Å². The molecule has 1 aliphatic heterocycles. The Morgan fingerprint density at radius 2 is 1.93 bits per heavy atom. The Bertz CT molecular complexity index is 968. The molecular formula is C20H18N4O4. The first kappa shape index (κ1) is 17.7. The fourth-order valence-electron chi connectivity index (χ4n) is 3.01. The van der Waals surface area contributed by atoms with Crippen LogP contribution in [0.5, 0.6) is 0 Å². The molecule has 0 atom stereocenters. The zero-order chi connectivity index (χ0) is 19.3. The molecule has 4 rings (SSSR count). The quantitative estimate of drug-likeness (QED) is 0.687. The van der Waals surface area contributed by atoms with Gasteiger partial charge < -0.3 is 23.4 Å². The molecule has 142 valence electrons. The van der Waals surface area contributed by atoms with Gasteiger partial charge in [0.2, 0.25) is 11.6 Å². The second kappa shape index (κ2) is 7.88. The van der Waals surface area contributed by atoms with E-state index in [0.29, 0.717) is 37.8 Å². The Morgan fingerprint density at radius 3 is 2.61 bits per heavy atom. The summed E-state index contributed by atoms with van der Waals surface area (Å²) in [6.07, 6.45) is 1.17. The summed E-state index contributed by atoms with van der Waals surface area (Å²) in [5.41, 5.74) is 1.15. The van der Waals surface area contributed by atoms with Crippen molar-refractivity contribution in [2.75, 3.05) is 31.1 Å². The van der Waals surface area contributed by atoms with E-state index in [9.17, 15) is 10.1 Å². The number of nitriles is 1. The summed E-state index contributed by atoms with van der Waals surface area (Å²) in [6, 6.07) is 15.1. The largest absolute Gasteiger partial charge is 0.459 e. The second-order valence-corrected chi connectivity index (χ2v) is 6.28. The fourth-order valence-corrected chi connectivity index (χ4v) is 3.01. The van der Waals surface area contributed by atoms with Crippen molar-refractivity contribution in [1.82, 2.24) is 9.88 Å². The summed E-state index contributed by atoms with van der Waals surface area (Å²) in [5.74, 6) is 1.12. The average Bonchev–Trinajstić information content (AvgIpc) is 3.42. The monoisotopic (exact) mass is 378 g/mol. The van der Waals surface area contributed by atoms with E-state index in [4.69, 9.17) is 13.6 Å². The third-order valence-corrected chi connectivity index (χ3v) is 4.48. The first-order valence-electron chi connectivity index (χ1n) is 8.90. The van der Waals surface area contributed by atoms with E-state index < -0.39 is 0 Å². The number of aromatic nitrogens is 1. The molecule has 0 aliphatic carbocycles. The minimum atomic E-state index is -0.349. The number of amides is 1. The summed E-state index contributed by atoms with van der Waals surface area (Å²) < 4.78 is 16.4. The number of hydrogen-bond donors (Lipinski definition) is 0. The third kappa shape index (κ3) is 3.69. The van der Waals surface area contributed by atoms with Crippen molar-refractivity contribution in [2.45, 2.75) is 6.61 Å². The van der Waals surface area contributed by atoms with Crippen LogP contribution in [-0.4, -0.2) is 42.2 Å². The number of nitrogens with zero attached hydrogens (tertiary/aromatic N) is 4. The number of oxazole rings is 1. The third-order valence-electron chi connectivity index (χ3n) is 4.48. The predicted octanol–water partition coefficient (Wildman–Crippen LogP) is 3.27. The molecule has 1 fully saturated rings. The van der Waals surface area contributed by atoms with Crippen LogP contribution >= 0.6 is 0 Å². The topological polar surface area (TPSA) is 95.7 Å². The van der Waals surface area contributed by atoms with Crippen LogP contribution in [0.15, 0.2) is 57.6 Å². The summed E-state index contributed by atoms with van der Waals surface area (Å²) >= 11 is 0. The first-order valence-corrected chi connectivity index (χ1v) is 8.90. The molecule has 0 unspecified atom stereocenters. The molecule has 0 bridgehead atoms. The predicted molar refractivity (Wildman–Crippen MR) is 99.3 cm³/mol. The van der Waals surface area contributed by atoms with Crippen molar-refractivity contribution in [3.8, 4) is 17.7 Å². The van der Waals surface area contributed by atoms with E-state index >= 15 is 0 Å². The number of carbonyl (C=O) groups excluding carboxylic acids is 1.